The van der Waals surface area contributed by atoms with Gasteiger partial charge in [0.15, 0.2) is 0 Å². The predicted octanol–water partition coefficient (Wildman–Crippen LogP) is 0.956. The first-order valence-corrected chi connectivity index (χ1v) is 5.71. The van der Waals surface area contributed by atoms with Crippen LogP contribution in [0.4, 0.5) is 0 Å². The van der Waals surface area contributed by atoms with Crippen molar-refractivity contribution in [2.24, 2.45) is 5.73 Å². The lowest BCUT2D eigenvalue weighted by atomic mass is 10.1. The lowest BCUT2D eigenvalue weighted by Gasteiger charge is -2.08. The van der Waals surface area contributed by atoms with Gasteiger partial charge in [-0.15, -0.1) is 0 Å². The van der Waals surface area contributed by atoms with Crippen LogP contribution < -0.4 is 5.73 Å². The van der Waals surface area contributed by atoms with E-state index in [4.69, 9.17) is 15.0 Å². The van der Waals surface area contributed by atoms with Gasteiger partial charge in [-0.05, 0) is 18.6 Å². The van der Waals surface area contributed by atoms with E-state index >= 15 is 0 Å². The number of nitrogens with two attached hydrogens (primary N) is 1. The number of methoxy groups -OCH3 is 1. The quantitative estimate of drug-likeness (QED) is 0.847. The van der Waals surface area contributed by atoms with Gasteiger partial charge in [-0.3, -0.25) is 4.98 Å². The molecule has 6 nitrogen and oxygen atoms in total. The number of nitrogens with zero attached hydrogens (tertiary/aromatic N) is 3. The number of aromatic nitrogens is 3. The van der Waals surface area contributed by atoms with Crippen molar-refractivity contribution in [3.05, 3.63) is 29.9 Å². The lowest BCUT2D eigenvalue weighted by Crippen LogP contribution is -2.24. The zero-order valence-corrected chi connectivity index (χ0v) is 10.5. The first-order chi connectivity index (χ1) is 8.74. The van der Waals surface area contributed by atoms with Gasteiger partial charge in [0, 0.05) is 31.6 Å². The van der Waals surface area contributed by atoms with E-state index in [1.165, 1.54) is 0 Å². The van der Waals surface area contributed by atoms with Gasteiger partial charge in [0.25, 0.3) is 0 Å². The maximum atomic E-state index is 5.55. The summed E-state index contributed by atoms with van der Waals surface area (Å²) in [5.41, 5.74) is 7.47. The third-order valence-electron chi connectivity index (χ3n) is 2.73. The highest BCUT2D eigenvalue weighted by atomic mass is 16.5. The molecule has 2 N–H and O–H groups in total. The average molecular weight is 248 g/mol. The highest BCUT2D eigenvalue weighted by molar-refractivity contribution is 5.57. The van der Waals surface area contributed by atoms with Crippen LogP contribution in [0.2, 0.25) is 0 Å². The Bertz CT molecular complexity index is 508. The van der Waals surface area contributed by atoms with Gasteiger partial charge in [-0.2, -0.15) is 4.98 Å². The number of pyridine rings is 1. The number of rotatable bonds is 5. The van der Waals surface area contributed by atoms with Crippen molar-refractivity contribution in [2.75, 3.05) is 13.7 Å². The SMILES string of the molecule is COC(CN)Cc1nc(-c2ccncc2C)no1. The highest BCUT2D eigenvalue weighted by Crippen LogP contribution is 2.19. The Labute approximate surface area is 105 Å². The molecule has 0 saturated heterocycles. The van der Waals surface area contributed by atoms with Gasteiger partial charge < -0.3 is 15.0 Å². The fourth-order valence-corrected chi connectivity index (χ4v) is 1.63. The number of hydrogen-bond donors (Lipinski definition) is 1. The van der Waals surface area contributed by atoms with E-state index in [1.54, 1.807) is 19.5 Å². The summed E-state index contributed by atoms with van der Waals surface area (Å²) in [4.78, 5) is 8.37. The fourth-order valence-electron chi connectivity index (χ4n) is 1.63. The summed E-state index contributed by atoms with van der Waals surface area (Å²) in [6.45, 7) is 2.37. The maximum Gasteiger partial charge on any atom is 0.229 e. The molecule has 0 aliphatic rings. The lowest BCUT2D eigenvalue weighted by molar-refractivity contribution is 0.102. The molecule has 1 atom stereocenters. The summed E-state index contributed by atoms with van der Waals surface area (Å²) >= 11 is 0. The van der Waals surface area contributed by atoms with Crippen molar-refractivity contribution in [1.29, 1.82) is 0 Å². The van der Waals surface area contributed by atoms with Crippen LogP contribution in [0, 0.1) is 6.92 Å². The molecule has 0 aromatic carbocycles. The van der Waals surface area contributed by atoms with E-state index in [0.29, 0.717) is 24.7 Å². The molecule has 0 saturated carbocycles. The van der Waals surface area contributed by atoms with E-state index < -0.39 is 0 Å². The predicted molar refractivity (Wildman–Crippen MR) is 65.8 cm³/mol. The molecule has 0 fully saturated rings. The second-order valence-corrected chi connectivity index (χ2v) is 4.00. The van der Waals surface area contributed by atoms with Crippen LogP contribution in [0.25, 0.3) is 11.4 Å². The summed E-state index contributed by atoms with van der Waals surface area (Å²) in [6.07, 6.45) is 3.89. The molecular weight excluding hydrogens is 232 g/mol. The van der Waals surface area contributed by atoms with Gasteiger partial charge in [0.1, 0.15) is 0 Å². The van der Waals surface area contributed by atoms with Crippen molar-refractivity contribution >= 4 is 0 Å². The third kappa shape index (κ3) is 2.72. The molecule has 6 heteroatoms. The van der Waals surface area contributed by atoms with Gasteiger partial charge in [0.2, 0.25) is 11.7 Å². The van der Waals surface area contributed by atoms with E-state index in [2.05, 4.69) is 15.1 Å². The minimum Gasteiger partial charge on any atom is -0.380 e. The number of hydrogen-bond acceptors (Lipinski definition) is 6. The van der Waals surface area contributed by atoms with E-state index in [-0.39, 0.29) is 6.10 Å². The largest absolute Gasteiger partial charge is 0.380 e. The summed E-state index contributed by atoms with van der Waals surface area (Å²) < 4.78 is 10.4. The minimum atomic E-state index is -0.100. The molecule has 18 heavy (non-hydrogen) atoms. The highest BCUT2D eigenvalue weighted by Gasteiger charge is 2.14. The Hall–Kier alpha value is -1.79. The second-order valence-electron chi connectivity index (χ2n) is 4.00. The molecule has 2 aromatic rings. The zero-order chi connectivity index (χ0) is 13.0. The van der Waals surface area contributed by atoms with Crippen LogP contribution in [0.1, 0.15) is 11.5 Å². The molecule has 2 aromatic heterocycles. The molecule has 0 aliphatic heterocycles. The van der Waals surface area contributed by atoms with Crippen molar-refractivity contribution in [2.45, 2.75) is 19.4 Å². The van der Waals surface area contributed by atoms with Crippen LogP contribution in [0.5, 0.6) is 0 Å². The van der Waals surface area contributed by atoms with E-state index in [1.807, 2.05) is 13.0 Å². The third-order valence-corrected chi connectivity index (χ3v) is 2.73. The monoisotopic (exact) mass is 248 g/mol. The van der Waals surface area contributed by atoms with Gasteiger partial charge in [-0.25, -0.2) is 0 Å². The van der Waals surface area contributed by atoms with Crippen molar-refractivity contribution in [3.63, 3.8) is 0 Å². The molecule has 0 amide bonds. The van der Waals surface area contributed by atoms with Crippen molar-refractivity contribution < 1.29 is 9.26 Å². The Balaban J connectivity index is 2.18. The minimum absolute atomic E-state index is 0.100. The van der Waals surface area contributed by atoms with Crippen LogP contribution in [0.3, 0.4) is 0 Å². The van der Waals surface area contributed by atoms with Gasteiger partial charge in [-0.1, -0.05) is 5.16 Å². The molecule has 0 radical (unpaired) electrons. The Morgan fingerprint density at radius 2 is 2.33 bits per heavy atom. The van der Waals surface area contributed by atoms with Gasteiger partial charge in [0.05, 0.1) is 12.5 Å². The van der Waals surface area contributed by atoms with E-state index in [9.17, 15) is 0 Å². The Morgan fingerprint density at radius 3 is 3.00 bits per heavy atom. The summed E-state index contributed by atoms with van der Waals surface area (Å²) in [5.74, 6) is 1.09. The molecule has 2 rings (SSSR count). The molecule has 0 spiro atoms. The van der Waals surface area contributed by atoms with Crippen molar-refractivity contribution in [3.8, 4) is 11.4 Å². The summed E-state index contributed by atoms with van der Waals surface area (Å²) in [7, 11) is 1.61. The second kappa shape index (κ2) is 5.70. The van der Waals surface area contributed by atoms with Crippen LogP contribution >= 0.6 is 0 Å². The molecule has 1 unspecified atom stereocenters. The first-order valence-electron chi connectivity index (χ1n) is 5.71. The van der Waals surface area contributed by atoms with E-state index in [0.717, 1.165) is 11.1 Å². The molecule has 0 bridgehead atoms. The molecule has 96 valence electrons. The topological polar surface area (TPSA) is 87.1 Å². The molecular formula is C12H16N4O2. The fraction of sp³-hybridized carbons (Fsp3) is 0.417. The van der Waals surface area contributed by atoms with Crippen molar-refractivity contribution in [1.82, 2.24) is 15.1 Å². The standard InChI is InChI=1S/C12H16N4O2/c1-8-7-14-4-3-10(8)12-15-11(18-16-12)5-9(6-13)17-2/h3-4,7,9H,5-6,13H2,1-2H3. The molecule has 0 aliphatic carbocycles. The average Bonchev–Trinajstić information content (AvgIpc) is 2.85. The number of aryl methyl sites for hydroxylation is 1. The maximum absolute atomic E-state index is 5.55. The van der Waals surface area contributed by atoms with Gasteiger partial charge >= 0.3 is 0 Å². The zero-order valence-electron chi connectivity index (χ0n) is 10.5. The smallest absolute Gasteiger partial charge is 0.229 e. The number of ether oxygens (including phenoxy) is 1. The summed E-state index contributed by atoms with van der Waals surface area (Å²) in [5, 5.41) is 3.96. The summed E-state index contributed by atoms with van der Waals surface area (Å²) in [6, 6.07) is 1.86. The van der Waals surface area contributed by atoms with Crippen LogP contribution in [-0.2, 0) is 11.2 Å². The van der Waals surface area contributed by atoms with Crippen LogP contribution in [-0.4, -0.2) is 34.9 Å². The first kappa shape index (κ1) is 12.7. The molecule has 2 heterocycles. The Morgan fingerprint density at radius 1 is 1.50 bits per heavy atom. The normalized spacial score (nSPS) is 12.6. The van der Waals surface area contributed by atoms with Crippen LogP contribution in [0.15, 0.2) is 23.0 Å². The Kier molecular flexibility index (Phi) is 4.01.